The Kier molecular flexibility index (Phi) is 7.84. The van der Waals surface area contributed by atoms with Crippen LogP contribution in [0.15, 0.2) is 51.4 Å². The second kappa shape index (κ2) is 10.1. The number of nitro benzene ring substituents is 1. The summed E-state index contributed by atoms with van der Waals surface area (Å²) < 4.78 is 6.86. The highest BCUT2D eigenvalue weighted by Crippen LogP contribution is 2.28. The van der Waals surface area contributed by atoms with Crippen LogP contribution in [0.3, 0.4) is 0 Å². The van der Waals surface area contributed by atoms with Crippen molar-refractivity contribution in [2.45, 2.75) is 0 Å². The second-order valence-corrected chi connectivity index (χ2v) is 7.27. The van der Waals surface area contributed by atoms with Crippen LogP contribution in [0.5, 0.6) is 5.75 Å². The van der Waals surface area contributed by atoms with E-state index in [1.165, 1.54) is 24.3 Å². The van der Waals surface area contributed by atoms with Gasteiger partial charge in [-0.05, 0) is 52.4 Å². The first-order valence-corrected chi connectivity index (χ1v) is 9.49. The van der Waals surface area contributed by atoms with Crippen LogP contribution in [0.25, 0.3) is 0 Å². The fourth-order valence-corrected chi connectivity index (χ4v) is 3.26. The highest BCUT2D eigenvalue weighted by molar-refractivity contribution is 9.11. The van der Waals surface area contributed by atoms with Gasteiger partial charge in [0.2, 0.25) is 0 Å². The number of amides is 2. The molecular weight excluding hydrogens is 520 g/mol. The molecule has 0 saturated carbocycles. The molecular formula is C16H12Br2N4O5S. The van der Waals surface area contributed by atoms with Crippen LogP contribution in [-0.4, -0.2) is 28.5 Å². The van der Waals surface area contributed by atoms with Crippen LogP contribution in [0.2, 0.25) is 0 Å². The first-order chi connectivity index (χ1) is 13.3. The highest BCUT2D eigenvalue weighted by Gasteiger charge is 2.19. The van der Waals surface area contributed by atoms with Crippen molar-refractivity contribution in [1.29, 1.82) is 0 Å². The number of nitrogens with one attached hydrogen (secondary N) is 3. The molecule has 2 rings (SSSR count). The number of benzene rings is 2. The van der Waals surface area contributed by atoms with Gasteiger partial charge in [-0.15, -0.1) is 0 Å². The quantitative estimate of drug-likeness (QED) is 0.308. The van der Waals surface area contributed by atoms with Crippen LogP contribution in [0, 0.1) is 10.1 Å². The molecule has 0 unspecified atom stereocenters. The SMILES string of the molecule is O=C(COc1ccc(Br)cc1Br)NC(=S)NNC(=O)c1ccccc1[N+](=O)[O-]. The van der Waals surface area contributed by atoms with Crippen molar-refractivity contribution in [2.24, 2.45) is 0 Å². The number of carbonyl (C=O) groups is 2. The van der Waals surface area contributed by atoms with Gasteiger partial charge in [0.05, 0.1) is 9.40 Å². The van der Waals surface area contributed by atoms with Crippen LogP contribution in [0.1, 0.15) is 10.4 Å². The molecule has 0 bridgehead atoms. The van der Waals surface area contributed by atoms with Gasteiger partial charge >= 0.3 is 0 Å². The lowest BCUT2D eigenvalue weighted by Crippen LogP contribution is -2.49. The van der Waals surface area contributed by atoms with Gasteiger partial charge in [-0.25, -0.2) is 0 Å². The molecule has 0 aliphatic carbocycles. The van der Waals surface area contributed by atoms with Crippen molar-refractivity contribution in [3.05, 3.63) is 67.1 Å². The van der Waals surface area contributed by atoms with E-state index in [1.54, 1.807) is 18.2 Å². The van der Waals surface area contributed by atoms with Crippen molar-refractivity contribution in [3.63, 3.8) is 0 Å². The molecule has 0 aromatic heterocycles. The number of halogens is 2. The number of hydrazine groups is 1. The Bertz CT molecular complexity index is 941. The lowest BCUT2D eigenvalue weighted by molar-refractivity contribution is -0.385. The van der Waals surface area contributed by atoms with Gasteiger partial charge in [0.25, 0.3) is 17.5 Å². The number of hydrogen-bond acceptors (Lipinski definition) is 6. The Hall–Kier alpha value is -2.57. The molecule has 0 radical (unpaired) electrons. The first-order valence-electron chi connectivity index (χ1n) is 7.49. The maximum absolute atomic E-state index is 12.1. The summed E-state index contributed by atoms with van der Waals surface area (Å²) in [6.45, 7) is -0.319. The van der Waals surface area contributed by atoms with Gasteiger partial charge in [-0.1, -0.05) is 28.1 Å². The third kappa shape index (κ3) is 6.25. The highest BCUT2D eigenvalue weighted by atomic mass is 79.9. The Morgan fingerprint density at radius 3 is 2.54 bits per heavy atom. The maximum atomic E-state index is 12.1. The van der Waals surface area contributed by atoms with E-state index in [0.717, 1.165) is 4.47 Å². The molecule has 0 aliphatic rings. The smallest absolute Gasteiger partial charge is 0.282 e. The molecule has 0 atom stereocenters. The van der Waals surface area contributed by atoms with Crippen LogP contribution in [0.4, 0.5) is 5.69 Å². The van der Waals surface area contributed by atoms with Crippen molar-refractivity contribution >= 4 is 66.7 Å². The van der Waals surface area contributed by atoms with E-state index in [1.807, 2.05) is 0 Å². The van der Waals surface area contributed by atoms with E-state index in [0.29, 0.717) is 10.2 Å². The summed E-state index contributed by atoms with van der Waals surface area (Å²) in [6, 6.07) is 10.6. The third-order valence-electron chi connectivity index (χ3n) is 3.14. The number of carbonyl (C=O) groups excluding carboxylic acids is 2. The van der Waals surface area contributed by atoms with Gasteiger partial charge < -0.3 is 4.74 Å². The van der Waals surface area contributed by atoms with E-state index < -0.39 is 16.7 Å². The van der Waals surface area contributed by atoms with Crippen molar-refractivity contribution in [2.75, 3.05) is 6.61 Å². The minimum absolute atomic E-state index is 0.155. The second-order valence-electron chi connectivity index (χ2n) is 5.09. The third-order valence-corrected chi connectivity index (χ3v) is 4.46. The fourth-order valence-electron chi connectivity index (χ4n) is 1.94. The number of thiocarbonyl (C=S) groups is 1. The molecule has 2 aromatic rings. The Morgan fingerprint density at radius 2 is 1.86 bits per heavy atom. The fraction of sp³-hybridized carbons (Fsp3) is 0.0625. The molecule has 0 heterocycles. The van der Waals surface area contributed by atoms with Crippen LogP contribution in [-0.2, 0) is 4.79 Å². The standard InChI is InChI=1S/C16H12Br2N4O5S/c17-9-5-6-13(11(18)7-9)27-8-14(23)19-16(28)21-20-15(24)10-3-1-2-4-12(10)22(25)26/h1-7H,8H2,(H,20,24)(H2,19,21,23,28). The lowest BCUT2D eigenvalue weighted by Gasteiger charge is -2.12. The number of nitro groups is 1. The Morgan fingerprint density at radius 1 is 1.14 bits per heavy atom. The molecule has 0 aliphatic heterocycles. The number of rotatable bonds is 5. The molecule has 2 amide bonds. The summed E-state index contributed by atoms with van der Waals surface area (Å²) in [5, 5.41) is 13.1. The molecule has 9 nitrogen and oxygen atoms in total. The Balaban J connectivity index is 1.83. The predicted molar refractivity (Wildman–Crippen MR) is 112 cm³/mol. The first kappa shape index (κ1) is 21.7. The number of hydrogen-bond donors (Lipinski definition) is 3. The monoisotopic (exact) mass is 530 g/mol. The van der Waals surface area contributed by atoms with Gasteiger partial charge in [0.1, 0.15) is 11.3 Å². The normalized spacial score (nSPS) is 9.93. The zero-order valence-electron chi connectivity index (χ0n) is 13.9. The maximum Gasteiger partial charge on any atom is 0.282 e. The molecule has 12 heteroatoms. The van der Waals surface area contributed by atoms with E-state index in [-0.39, 0.29) is 23.0 Å². The molecule has 3 N–H and O–H groups in total. The van der Waals surface area contributed by atoms with Gasteiger partial charge in [-0.3, -0.25) is 35.9 Å². The molecule has 28 heavy (non-hydrogen) atoms. The summed E-state index contributed by atoms with van der Waals surface area (Å²) in [4.78, 5) is 34.2. The van der Waals surface area contributed by atoms with Crippen molar-refractivity contribution < 1.29 is 19.2 Å². The average Bonchev–Trinajstić information content (AvgIpc) is 2.65. The zero-order chi connectivity index (χ0) is 20.7. The summed E-state index contributed by atoms with van der Waals surface area (Å²) in [5.74, 6) is -0.881. The van der Waals surface area contributed by atoms with Crippen LogP contribution >= 0.6 is 44.1 Å². The topological polar surface area (TPSA) is 123 Å². The number of para-hydroxylation sites is 1. The summed E-state index contributed by atoms with van der Waals surface area (Å²) in [6.07, 6.45) is 0. The summed E-state index contributed by atoms with van der Waals surface area (Å²) >= 11 is 11.5. The molecule has 0 spiro atoms. The van der Waals surface area contributed by atoms with Gasteiger partial charge in [0, 0.05) is 10.5 Å². The van der Waals surface area contributed by atoms with E-state index in [2.05, 4.69) is 48.0 Å². The van der Waals surface area contributed by atoms with Gasteiger partial charge in [-0.2, -0.15) is 0 Å². The molecule has 0 fully saturated rings. The van der Waals surface area contributed by atoms with E-state index >= 15 is 0 Å². The lowest BCUT2D eigenvalue weighted by atomic mass is 10.2. The van der Waals surface area contributed by atoms with Crippen molar-refractivity contribution in [3.8, 4) is 5.75 Å². The van der Waals surface area contributed by atoms with Gasteiger partial charge in [0.15, 0.2) is 11.7 Å². The minimum atomic E-state index is -0.779. The molecule has 0 saturated heterocycles. The average molecular weight is 532 g/mol. The molecule has 146 valence electrons. The van der Waals surface area contributed by atoms with E-state index in [4.69, 9.17) is 17.0 Å². The van der Waals surface area contributed by atoms with Crippen LogP contribution < -0.4 is 20.9 Å². The zero-order valence-corrected chi connectivity index (χ0v) is 17.9. The number of nitrogens with zero attached hydrogens (tertiary/aromatic N) is 1. The number of ether oxygens (including phenoxy) is 1. The summed E-state index contributed by atoms with van der Waals surface area (Å²) in [7, 11) is 0. The predicted octanol–water partition coefficient (Wildman–Crippen LogP) is 2.83. The van der Waals surface area contributed by atoms with Crippen molar-refractivity contribution in [1.82, 2.24) is 16.2 Å². The Labute approximate surface area is 181 Å². The van der Waals surface area contributed by atoms with E-state index in [9.17, 15) is 19.7 Å². The molecule has 2 aromatic carbocycles. The minimum Gasteiger partial charge on any atom is -0.483 e. The largest absolute Gasteiger partial charge is 0.483 e. The summed E-state index contributed by atoms with van der Waals surface area (Å²) in [5.41, 5.74) is 3.98.